The van der Waals surface area contributed by atoms with Crippen LogP contribution in [0.5, 0.6) is 11.5 Å². The first-order valence-electron chi connectivity index (χ1n) is 5.71. The second-order valence-electron chi connectivity index (χ2n) is 3.63. The fraction of sp³-hybridized carbons (Fsp3) is 0.462. The zero-order chi connectivity index (χ0) is 12.8. The second-order valence-corrected chi connectivity index (χ2v) is 4.04. The van der Waals surface area contributed by atoms with E-state index in [9.17, 15) is 4.79 Å². The van der Waals surface area contributed by atoms with Gasteiger partial charge in [-0.15, -0.1) is 12.6 Å². The zero-order valence-corrected chi connectivity index (χ0v) is 11.3. The number of ether oxygens (including phenoxy) is 2. The van der Waals surface area contributed by atoms with E-state index in [0.717, 1.165) is 12.0 Å². The van der Waals surface area contributed by atoms with Gasteiger partial charge in [-0.3, -0.25) is 4.79 Å². The summed E-state index contributed by atoms with van der Waals surface area (Å²) in [6.07, 6.45) is 1.63. The molecule has 0 heterocycles. The molecule has 1 aromatic rings. The Morgan fingerprint density at radius 3 is 2.53 bits per heavy atom. The number of rotatable bonds is 6. The van der Waals surface area contributed by atoms with Gasteiger partial charge < -0.3 is 9.47 Å². The van der Waals surface area contributed by atoms with Crippen molar-refractivity contribution in [3.8, 4) is 11.5 Å². The molecule has 0 aliphatic heterocycles. The fourth-order valence-corrected chi connectivity index (χ4v) is 1.92. The first-order valence-corrected chi connectivity index (χ1v) is 6.16. The van der Waals surface area contributed by atoms with Gasteiger partial charge in [0.2, 0.25) is 5.12 Å². The number of hydrogen-bond acceptors (Lipinski definition) is 3. The van der Waals surface area contributed by atoms with Gasteiger partial charge in [-0.25, -0.2) is 0 Å². The van der Waals surface area contributed by atoms with Crippen LogP contribution in [0.2, 0.25) is 0 Å². The molecule has 0 saturated heterocycles. The van der Waals surface area contributed by atoms with Crippen LogP contribution in [0, 0.1) is 0 Å². The average molecular weight is 254 g/mol. The molecule has 3 nitrogen and oxygen atoms in total. The molecule has 17 heavy (non-hydrogen) atoms. The molecule has 0 aliphatic carbocycles. The number of carbonyl (C=O) groups excluding carboxylic acids is 1. The highest BCUT2D eigenvalue weighted by Crippen LogP contribution is 2.34. The van der Waals surface area contributed by atoms with E-state index in [2.05, 4.69) is 12.6 Å². The van der Waals surface area contributed by atoms with E-state index in [1.807, 2.05) is 13.8 Å². The largest absolute Gasteiger partial charge is 0.493 e. The van der Waals surface area contributed by atoms with Gasteiger partial charge in [-0.1, -0.05) is 13.8 Å². The van der Waals surface area contributed by atoms with Crippen LogP contribution in [0.3, 0.4) is 0 Å². The van der Waals surface area contributed by atoms with Crippen LogP contribution < -0.4 is 9.47 Å². The molecule has 4 heteroatoms. The summed E-state index contributed by atoms with van der Waals surface area (Å²) in [7, 11) is 1.58. The Morgan fingerprint density at radius 2 is 2.06 bits per heavy atom. The molecule has 1 aromatic carbocycles. The number of carbonyl (C=O) groups is 1. The van der Waals surface area contributed by atoms with Crippen molar-refractivity contribution in [1.82, 2.24) is 0 Å². The Bertz CT molecular complexity index is 402. The maximum Gasteiger partial charge on any atom is 0.216 e. The number of hydrogen-bond donors (Lipinski definition) is 1. The standard InChI is InChI=1S/C13H18O3S/c1-4-8-16-11-7-6-10(13(14)17)9(5-2)12(11)15-3/h6-7H,4-5,8H2,1-3H3,(H,14,17). The van der Waals surface area contributed by atoms with Gasteiger partial charge in [-0.05, 0) is 25.0 Å². The third kappa shape index (κ3) is 3.16. The Labute approximate surface area is 108 Å². The summed E-state index contributed by atoms with van der Waals surface area (Å²) in [5.74, 6) is 1.32. The highest BCUT2D eigenvalue weighted by Gasteiger charge is 2.16. The molecule has 0 spiro atoms. The third-order valence-electron chi connectivity index (χ3n) is 2.47. The van der Waals surface area contributed by atoms with Crippen molar-refractivity contribution in [2.75, 3.05) is 13.7 Å². The summed E-state index contributed by atoms with van der Waals surface area (Å²) < 4.78 is 10.9. The minimum atomic E-state index is -0.248. The normalized spacial score (nSPS) is 10.1. The lowest BCUT2D eigenvalue weighted by atomic mass is 10.0. The van der Waals surface area contributed by atoms with Crippen LogP contribution in [0.25, 0.3) is 0 Å². The topological polar surface area (TPSA) is 35.5 Å². The molecule has 0 aliphatic rings. The Hall–Kier alpha value is -1.16. The van der Waals surface area contributed by atoms with E-state index in [4.69, 9.17) is 9.47 Å². The third-order valence-corrected chi connectivity index (χ3v) is 2.72. The van der Waals surface area contributed by atoms with Crippen LogP contribution in [0.15, 0.2) is 12.1 Å². The van der Waals surface area contributed by atoms with Crippen molar-refractivity contribution in [2.45, 2.75) is 26.7 Å². The molecule has 0 saturated carbocycles. The summed E-state index contributed by atoms with van der Waals surface area (Å²) >= 11 is 3.87. The molecule has 0 N–H and O–H groups in total. The molecule has 0 bridgehead atoms. The molecule has 0 fully saturated rings. The van der Waals surface area contributed by atoms with Crippen molar-refractivity contribution in [1.29, 1.82) is 0 Å². The van der Waals surface area contributed by atoms with Crippen LogP contribution in [-0.2, 0) is 6.42 Å². The van der Waals surface area contributed by atoms with Gasteiger partial charge in [0.25, 0.3) is 0 Å². The molecule has 0 amide bonds. The second kappa shape index (κ2) is 6.55. The molecular formula is C13H18O3S. The van der Waals surface area contributed by atoms with Gasteiger partial charge >= 0.3 is 0 Å². The predicted octanol–water partition coefficient (Wildman–Crippen LogP) is 3.12. The quantitative estimate of drug-likeness (QED) is 0.792. The van der Waals surface area contributed by atoms with E-state index in [0.29, 0.717) is 30.1 Å². The maximum atomic E-state index is 11.4. The smallest absolute Gasteiger partial charge is 0.216 e. The first kappa shape index (κ1) is 13.9. The molecule has 0 radical (unpaired) electrons. The zero-order valence-electron chi connectivity index (χ0n) is 10.4. The minimum absolute atomic E-state index is 0.248. The molecule has 0 unspecified atom stereocenters. The van der Waals surface area contributed by atoms with Gasteiger partial charge in [0, 0.05) is 11.1 Å². The number of methoxy groups -OCH3 is 1. The van der Waals surface area contributed by atoms with E-state index in [1.165, 1.54) is 0 Å². The lowest BCUT2D eigenvalue weighted by Gasteiger charge is -2.15. The van der Waals surface area contributed by atoms with Crippen LogP contribution in [0.1, 0.15) is 36.2 Å². The Balaban J connectivity index is 3.22. The van der Waals surface area contributed by atoms with E-state index < -0.39 is 0 Å². The molecule has 94 valence electrons. The number of benzene rings is 1. The van der Waals surface area contributed by atoms with Crippen molar-refractivity contribution >= 4 is 17.7 Å². The van der Waals surface area contributed by atoms with E-state index in [1.54, 1.807) is 19.2 Å². The summed E-state index contributed by atoms with van der Waals surface area (Å²) in [4.78, 5) is 11.4. The molecule has 0 atom stereocenters. The van der Waals surface area contributed by atoms with Crippen molar-refractivity contribution in [2.24, 2.45) is 0 Å². The van der Waals surface area contributed by atoms with Crippen LogP contribution in [-0.4, -0.2) is 18.8 Å². The molecule has 1 rings (SSSR count). The van der Waals surface area contributed by atoms with Gasteiger partial charge in [0.15, 0.2) is 11.5 Å². The first-order chi connectivity index (χ1) is 8.15. The van der Waals surface area contributed by atoms with Gasteiger partial charge in [0.05, 0.1) is 13.7 Å². The average Bonchev–Trinajstić information content (AvgIpc) is 2.34. The number of thiol groups is 1. The van der Waals surface area contributed by atoms with Gasteiger partial charge in [-0.2, -0.15) is 0 Å². The summed E-state index contributed by atoms with van der Waals surface area (Å²) in [5.41, 5.74) is 1.43. The van der Waals surface area contributed by atoms with Crippen molar-refractivity contribution < 1.29 is 14.3 Å². The van der Waals surface area contributed by atoms with Crippen LogP contribution >= 0.6 is 12.6 Å². The van der Waals surface area contributed by atoms with E-state index >= 15 is 0 Å². The van der Waals surface area contributed by atoms with Gasteiger partial charge in [0.1, 0.15) is 0 Å². The highest BCUT2D eigenvalue weighted by molar-refractivity contribution is 7.97. The fourth-order valence-electron chi connectivity index (χ4n) is 1.71. The molecule has 0 aromatic heterocycles. The van der Waals surface area contributed by atoms with Crippen molar-refractivity contribution in [3.05, 3.63) is 23.3 Å². The van der Waals surface area contributed by atoms with Crippen molar-refractivity contribution in [3.63, 3.8) is 0 Å². The SMILES string of the molecule is CCCOc1ccc(C(=O)S)c(CC)c1OC. The summed E-state index contributed by atoms with van der Waals surface area (Å²) in [6, 6.07) is 3.50. The lowest BCUT2D eigenvalue weighted by molar-refractivity contribution is 0.109. The predicted molar refractivity (Wildman–Crippen MR) is 71.5 cm³/mol. The lowest BCUT2D eigenvalue weighted by Crippen LogP contribution is -2.04. The van der Waals surface area contributed by atoms with E-state index in [-0.39, 0.29) is 5.12 Å². The monoisotopic (exact) mass is 254 g/mol. The maximum absolute atomic E-state index is 11.4. The molecular weight excluding hydrogens is 236 g/mol. The summed E-state index contributed by atoms with van der Waals surface area (Å²) in [5, 5.41) is -0.248. The Kier molecular flexibility index (Phi) is 5.35. The Morgan fingerprint density at radius 1 is 1.35 bits per heavy atom. The minimum Gasteiger partial charge on any atom is -0.493 e. The summed E-state index contributed by atoms with van der Waals surface area (Å²) in [6.45, 7) is 4.65. The highest BCUT2D eigenvalue weighted by atomic mass is 32.1. The van der Waals surface area contributed by atoms with Crippen LogP contribution in [0.4, 0.5) is 0 Å².